The smallest absolute Gasteiger partial charge is 0.333 e. The Morgan fingerprint density at radius 1 is 1.14 bits per heavy atom. The molecular weight excluding hydrogens is 365 g/mol. The molecule has 0 amide bonds. The van der Waals surface area contributed by atoms with Crippen LogP contribution in [-0.2, 0) is 9.53 Å². The third kappa shape index (κ3) is 4.26. The van der Waals surface area contributed by atoms with E-state index in [0.717, 1.165) is 40.6 Å². The van der Waals surface area contributed by atoms with Crippen LogP contribution < -0.4 is 0 Å². The monoisotopic (exact) mass is 393 g/mol. The van der Waals surface area contributed by atoms with Crippen molar-refractivity contribution in [3.8, 4) is 11.1 Å². The van der Waals surface area contributed by atoms with E-state index in [2.05, 4.69) is 37.5 Å². The average Bonchev–Trinajstić information content (AvgIpc) is 3.05. The van der Waals surface area contributed by atoms with E-state index >= 15 is 0 Å². The second kappa shape index (κ2) is 9.08. The fourth-order valence-corrected chi connectivity index (χ4v) is 3.80. The van der Waals surface area contributed by atoms with Crippen LogP contribution in [0.3, 0.4) is 0 Å². The number of hydrogen-bond acceptors (Lipinski definition) is 2. The molecule has 0 atom stereocenters. The summed E-state index contributed by atoms with van der Waals surface area (Å²) in [7, 11) is 1.42. The Morgan fingerprint density at radius 2 is 1.83 bits per heavy atom. The number of ether oxygens (including phenoxy) is 1. The van der Waals surface area contributed by atoms with E-state index in [9.17, 15) is 9.18 Å². The third-order valence-electron chi connectivity index (χ3n) is 5.16. The van der Waals surface area contributed by atoms with E-state index in [-0.39, 0.29) is 17.8 Å². The maximum Gasteiger partial charge on any atom is 0.333 e. The average molecular weight is 394 g/mol. The van der Waals surface area contributed by atoms with Gasteiger partial charge in [0.2, 0.25) is 0 Å². The molecular formula is C25H28FNO2. The van der Waals surface area contributed by atoms with Gasteiger partial charge in [-0.1, -0.05) is 43.7 Å². The number of esters is 1. The number of aromatic nitrogens is 1. The van der Waals surface area contributed by atoms with Crippen molar-refractivity contribution in [1.82, 2.24) is 4.57 Å². The number of benzene rings is 2. The molecule has 4 heteroatoms. The predicted octanol–water partition coefficient (Wildman–Crippen LogP) is 6.77. The molecule has 0 aliphatic rings. The van der Waals surface area contributed by atoms with Gasteiger partial charge in [0.15, 0.2) is 0 Å². The van der Waals surface area contributed by atoms with E-state index in [1.165, 1.54) is 19.2 Å². The Kier molecular flexibility index (Phi) is 6.53. The van der Waals surface area contributed by atoms with Crippen molar-refractivity contribution in [1.29, 1.82) is 0 Å². The van der Waals surface area contributed by atoms with Gasteiger partial charge in [-0.3, -0.25) is 0 Å². The quantitative estimate of drug-likeness (QED) is 0.327. The molecule has 29 heavy (non-hydrogen) atoms. The molecule has 0 radical (unpaired) electrons. The molecule has 0 aliphatic heterocycles. The Labute approximate surface area is 171 Å². The molecule has 0 unspecified atom stereocenters. The van der Waals surface area contributed by atoms with Crippen molar-refractivity contribution in [3.63, 3.8) is 0 Å². The van der Waals surface area contributed by atoms with Crippen LogP contribution in [0.15, 0.2) is 54.1 Å². The molecule has 1 aromatic heterocycles. The van der Waals surface area contributed by atoms with Crippen molar-refractivity contribution in [2.75, 3.05) is 7.11 Å². The summed E-state index contributed by atoms with van der Waals surface area (Å²) in [4.78, 5) is 12.5. The number of halogens is 1. The highest BCUT2D eigenvalue weighted by molar-refractivity contribution is 6.03. The maximum atomic E-state index is 13.6. The van der Waals surface area contributed by atoms with Crippen molar-refractivity contribution < 1.29 is 13.9 Å². The SMILES string of the molecule is CCCCC(=Cc1c(-c2ccc(F)cc2)c2ccccc2n1C(C)C)C(=O)OC. The van der Waals surface area contributed by atoms with Crippen LogP contribution in [0.1, 0.15) is 51.8 Å². The molecule has 0 spiro atoms. The summed E-state index contributed by atoms with van der Waals surface area (Å²) < 4.78 is 20.9. The third-order valence-corrected chi connectivity index (χ3v) is 5.16. The lowest BCUT2D eigenvalue weighted by Crippen LogP contribution is -2.08. The van der Waals surface area contributed by atoms with Crippen LogP contribution >= 0.6 is 0 Å². The number of hydrogen-bond donors (Lipinski definition) is 0. The van der Waals surface area contributed by atoms with Crippen molar-refractivity contribution in [2.24, 2.45) is 0 Å². The second-order valence-corrected chi connectivity index (χ2v) is 7.51. The summed E-state index contributed by atoms with van der Waals surface area (Å²) in [5.74, 6) is -0.569. The lowest BCUT2D eigenvalue weighted by molar-refractivity contribution is -0.136. The minimum absolute atomic E-state index is 0.186. The molecule has 3 nitrogen and oxygen atoms in total. The van der Waals surface area contributed by atoms with Gasteiger partial charge < -0.3 is 9.30 Å². The Bertz CT molecular complexity index is 1030. The largest absolute Gasteiger partial charge is 0.466 e. The van der Waals surface area contributed by atoms with Gasteiger partial charge in [0, 0.05) is 28.1 Å². The lowest BCUT2D eigenvalue weighted by Gasteiger charge is -2.15. The van der Waals surface area contributed by atoms with Crippen LogP contribution in [0.25, 0.3) is 28.1 Å². The van der Waals surface area contributed by atoms with Gasteiger partial charge in [-0.2, -0.15) is 0 Å². The molecule has 0 N–H and O–H groups in total. The second-order valence-electron chi connectivity index (χ2n) is 7.51. The Balaban J connectivity index is 2.35. The zero-order valence-corrected chi connectivity index (χ0v) is 17.5. The zero-order chi connectivity index (χ0) is 21.0. The first-order chi connectivity index (χ1) is 14.0. The molecule has 1 heterocycles. The van der Waals surface area contributed by atoms with Gasteiger partial charge >= 0.3 is 5.97 Å². The van der Waals surface area contributed by atoms with Gasteiger partial charge in [0.1, 0.15) is 5.82 Å². The molecule has 3 aromatic rings. The van der Waals surface area contributed by atoms with E-state index in [4.69, 9.17) is 4.74 Å². The summed E-state index contributed by atoms with van der Waals surface area (Å²) in [6.07, 6.45) is 4.52. The molecule has 0 bridgehead atoms. The number of rotatable bonds is 7. The predicted molar refractivity (Wildman–Crippen MR) is 117 cm³/mol. The highest BCUT2D eigenvalue weighted by Gasteiger charge is 2.21. The minimum atomic E-state index is -0.302. The van der Waals surface area contributed by atoms with Crippen LogP contribution in [0.2, 0.25) is 0 Å². The topological polar surface area (TPSA) is 31.2 Å². The number of nitrogens with zero attached hydrogens (tertiary/aromatic N) is 1. The normalized spacial score (nSPS) is 12.0. The van der Waals surface area contributed by atoms with E-state index in [0.29, 0.717) is 12.0 Å². The first kappa shape index (κ1) is 20.8. The van der Waals surface area contributed by atoms with Gasteiger partial charge in [0.05, 0.1) is 12.8 Å². The number of methoxy groups -OCH3 is 1. The highest BCUT2D eigenvalue weighted by atomic mass is 19.1. The number of carbonyl (C=O) groups excluding carboxylic acids is 1. The summed E-state index contributed by atoms with van der Waals surface area (Å²) in [6, 6.07) is 14.9. The fourth-order valence-electron chi connectivity index (χ4n) is 3.80. The first-order valence-corrected chi connectivity index (χ1v) is 10.2. The summed E-state index contributed by atoms with van der Waals surface area (Å²) in [5, 5.41) is 1.08. The number of fused-ring (bicyclic) bond motifs is 1. The van der Waals surface area contributed by atoms with Crippen LogP contribution in [0, 0.1) is 5.82 Å². The molecule has 0 aliphatic carbocycles. The molecule has 0 fully saturated rings. The molecule has 0 saturated carbocycles. The summed E-state index contributed by atoms with van der Waals surface area (Å²) in [5.41, 5.74) is 4.62. The van der Waals surface area contributed by atoms with Gasteiger partial charge in [-0.25, -0.2) is 9.18 Å². The van der Waals surface area contributed by atoms with Crippen LogP contribution in [0.4, 0.5) is 4.39 Å². The van der Waals surface area contributed by atoms with Crippen molar-refractivity contribution in [2.45, 2.75) is 46.1 Å². The zero-order valence-electron chi connectivity index (χ0n) is 17.5. The van der Waals surface area contributed by atoms with Crippen molar-refractivity contribution in [3.05, 3.63) is 65.6 Å². The van der Waals surface area contributed by atoms with Gasteiger partial charge in [-0.15, -0.1) is 0 Å². The first-order valence-electron chi connectivity index (χ1n) is 10.2. The van der Waals surface area contributed by atoms with E-state index < -0.39 is 0 Å². The molecule has 2 aromatic carbocycles. The number of carbonyl (C=O) groups is 1. The van der Waals surface area contributed by atoms with Crippen LogP contribution in [0.5, 0.6) is 0 Å². The van der Waals surface area contributed by atoms with Crippen molar-refractivity contribution >= 4 is 22.9 Å². The molecule has 3 rings (SSSR count). The fraction of sp³-hybridized carbons (Fsp3) is 0.320. The summed E-state index contributed by atoms with van der Waals surface area (Å²) >= 11 is 0. The Morgan fingerprint density at radius 3 is 2.45 bits per heavy atom. The minimum Gasteiger partial charge on any atom is -0.466 e. The standard InChI is InChI=1S/C25H28FNO2/c1-5-6-9-19(25(28)29-4)16-23-24(18-12-14-20(26)15-13-18)21-10-7-8-11-22(21)27(23)17(2)3/h7-8,10-17H,5-6,9H2,1-4H3. The lowest BCUT2D eigenvalue weighted by atomic mass is 9.99. The maximum absolute atomic E-state index is 13.6. The summed E-state index contributed by atoms with van der Waals surface area (Å²) in [6.45, 7) is 6.36. The number of unbranched alkanes of at least 4 members (excludes halogenated alkanes) is 1. The highest BCUT2D eigenvalue weighted by Crippen LogP contribution is 2.38. The molecule has 152 valence electrons. The Hall–Kier alpha value is -2.88. The van der Waals surface area contributed by atoms with E-state index in [1.807, 2.05) is 18.2 Å². The van der Waals surface area contributed by atoms with Gasteiger partial charge in [-0.05, 0) is 56.5 Å². The molecule has 0 saturated heterocycles. The van der Waals surface area contributed by atoms with Gasteiger partial charge in [0.25, 0.3) is 0 Å². The van der Waals surface area contributed by atoms with Crippen LogP contribution in [-0.4, -0.2) is 17.6 Å². The number of para-hydroxylation sites is 1. The van der Waals surface area contributed by atoms with E-state index in [1.54, 1.807) is 12.1 Å².